The lowest BCUT2D eigenvalue weighted by molar-refractivity contribution is -0.184. The van der Waals surface area contributed by atoms with Gasteiger partial charge in [0.1, 0.15) is 11.7 Å². The molecule has 0 saturated carbocycles. The summed E-state index contributed by atoms with van der Waals surface area (Å²) >= 11 is 0. The summed E-state index contributed by atoms with van der Waals surface area (Å²) in [6, 6.07) is 0. The normalized spacial score (nSPS) is 34.1. The molecule has 3 atom stereocenters. The second kappa shape index (κ2) is 3.78. The van der Waals surface area contributed by atoms with Crippen LogP contribution in [-0.4, -0.2) is 39.6 Å². The fourth-order valence-corrected chi connectivity index (χ4v) is 2.50. The first kappa shape index (κ1) is 11.6. The van der Waals surface area contributed by atoms with Crippen molar-refractivity contribution in [2.75, 3.05) is 13.2 Å². The van der Waals surface area contributed by atoms with E-state index in [2.05, 4.69) is 4.98 Å². The number of hydrogen-bond donors (Lipinski definition) is 2. The molecule has 1 aromatic heterocycles. The number of fused-ring (bicyclic) bond motifs is 2. The molecule has 2 aliphatic heterocycles. The maximum Gasteiger partial charge on any atom is 0.330 e. The molecule has 3 rings (SSSR count). The zero-order valence-corrected chi connectivity index (χ0v) is 9.88. The number of aromatic amines is 1. The molecule has 2 N–H and O–H groups in total. The average Bonchev–Trinajstić information content (AvgIpc) is 2.92. The molecule has 0 unspecified atom stereocenters. The highest BCUT2D eigenvalue weighted by Crippen LogP contribution is 2.43. The van der Waals surface area contributed by atoms with Gasteiger partial charge in [-0.3, -0.25) is 14.3 Å². The van der Waals surface area contributed by atoms with Gasteiger partial charge in [-0.2, -0.15) is 0 Å². The Kier molecular flexibility index (Phi) is 2.44. The topological polar surface area (TPSA) is 93.6 Å². The van der Waals surface area contributed by atoms with Crippen molar-refractivity contribution in [1.82, 2.24) is 9.55 Å². The van der Waals surface area contributed by atoms with Crippen LogP contribution in [0.1, 0.15) is 18.2 Å². The third kappa shape index (κ3) is 1.55. The van der Waals surface area contributed by atoms with E-state index in [4.69, 9.17) is 9.47 Å². The largest absolute Gasteiger partial charge is 0.393 e. The van der Waals surface area contributed by atoms with E-state index in [9.17, 15) is 14.7 Å². The van der Waals surface area contributed by atoms with Crippen LogP contribution in [0.15, 0.2) is 15.8 Å². The highest BCUT2D eigenvalue weighted by atomic mass is 16.6. The lowest BCUT2D eigenvalue weighted by Crippen LogP contribution is -2.42. The molecule has 7 nitrogen and oxygen atoms in total. The van der Waals surface area contributed by atoms with Crippen LogP contribution in [0.3, 0.4) is 0 Å². The number of aryl methyl sites for hydroxylation is 1. The van der Waals surface area contributed by atoms with Crippen LogP contribution in [0, 0.1) is 6.92 Å². The molecule has 0 aromatic carbocycles. The van der Waals surface area contributed by atoms with Gasteiger partial charge in [0, 0.05) is 18.2 Å². The summed E-state index contributed by atoms with van der Waals surface area (Å²) in [5.74, 6) is 0. The van der Waals surface area contributed by atoms with E-state index in [1.165, 1.54) is 10.8 Å². The van der Waals surface area contributed by atoms with Crippen LogP contribution in [0.5, 0.6) is 0 Å². The quantitative estimate of drug-likeness (QED) is 0.698. The van der Waals surface area contributed by atoms with Crippen molar-refractivity contribution < 1.29 is 14.6 Å². The van der Waals surface area contributed by atoms with Gasteiger partial charge in [0.2, 0.25) is 0 Å². The summed E-state index contributed by atoms with van der Waals surface area (Å²) in [4.78, 5) is 25.3. The first-order chi connectivity index (χ1) is 8.54. The van der Waals surface area contributed by atoms with Crippen molar-refractivity contribution in [3.8, 4) is 0 Å². The van der Waals surface area contributed by atoms with Gasteiger partial charge in [-0.1, -0.05) is 0 Å². The number of nitrogens with zero attached hydrogens (tertiary/aromatic N) is 1. The number of hydrogen-bond acceptors (Lipinski definition) is 5. The Labute approximate surface area is 102 Å². The molecular weight excluding hydrogens is 240 g/mol. The number of aliphatic hydroxyl groups excluding tert-OH is 1. The third-order valence-electron chi connectivity index (χ3n) is 3.53. The van der Waals surface area contributed by atoms with E-state index in [0.717, 1.165) is 0 Å². The molecule has 2 fully saturated rings. The second-order valence-electron chi connectivity index (χ2n) is 4.88. The van der Waals surface area contributed by atoms with Gasteiger partial charge < -0.3 is 14.6 Å². The molecule has 7 heteroatoms. The number of aromatic nitrogens is 2. The van der Waals surface area contributed by atoms with Gasteiger partial charge in [-0.15, -0.1) is 0 Å². The van der Waals surface area contributed by atoms with E-state index in [1.807, 2.05) is 0 Å². The Balaban J connectivity index is 2.01. The van der Waals surface area contributed by atoms with Gasteiger partial charge in [-0.05, 0) is 6.92 Å². The summed E-state index contributed by atoms with van der Waals surface area (Å²) in [6.45, 7) is 1.81. The minimum Gasteiger partial charge on any atom is -0.393 e. The van der Waals surface area contributed by atoms with Crippen LogP contribution in [0.25, 0.3) is 0 Å². The predicted octanol–water partition coefficient (Wildman–Crippen LogP) is -1.11. The molecule has 0 aliphatic carbocycles. The molecule has 0 amide bonds. The monoisotopic (exact) mass is 254 g/mol. The Bertz CT molecular complexity index is 592. The first-order valence-electron chi connectivity index (χ1n) is 5.77. The van der Waals surface area contributed by atoms with Crippen molar-refractivity contribution >= 4 is 0 Å². The van der Waals surface area contributed by atoms with Crippen molar-refractivity contribution in [3.05, 3.63) is 32.6 Å². The highest BCUT2D eigenvalue weighted by molar-refractivity contribution is 5.05. The Hall–Kier alpha value is -1.44. The molecule has 2 aliphatic rings. The number of aliphatic hydroxyl groups is 1. The fraction of sp³-hybridized carbons (Fsp3) is 0.636. The van der Waals surface area contributed by atoms with E-state index >= 15 is 0 Å². The second-order valence-corrected chi connectivity index (χ2v) is 4.88. The van der Waals surface area contributed by atoms with Crippen LogP contribution < -0.4 is 11.2 Å². The molecule has 0 spiro atoms. The SMILES string of the molecule is Cc1cn([C@@H]2O[C@]3(CO)CO[C@H]2C3)c(=O)[nH]c1=O. The average molecular weight is 254 g/mol. The van der Waals surface area contributed by atoms with Crippen molar-refractivity contribution in [3.63, 3.8) is 0 Å². The van der Waals surface area contributed by atoms with Gasteiger partial charge >= 0.3 is 5.69 Å². The maximum atomic E-state index is 11.8. The Morgan fingerprint density at radius 2 is 2.39 bits per heavy atom. The standard InChI is InChI=1S/C11H14N2O5/c1-6-3-13(10(16)12-8(6)15)9-7-2-11(4-14,18-9)5-17-7/h3,7,9,14H,2,4-5H2,1H3,(H,12,15,16)/t7-,9+,11+/m0/s1. The van der Waals surface area contributed by atoms with Crippen LogP contribution in [-0.2, 0) is 9.47 Å². The summed E-state index contributed by atoms with van der Waals surface area (Å²) in [5, 5.41) is 9.33. The highest BCUT2D eigenvalue weighted by Gasteiger charge is 2.54. The smallest absolute Gasteiger partial charge is 0.330 e. The molecule has 98 valence electrons. The fourth-order valence-electron chi connectivity index (χ4n) is 2.50. The lowest BCUT2D eigenvalue weighted by Gasteiger charge is -2.29. The van der Waals surface area contributed by atoms with Gasteiger partial charge in [0.15, 0.2) is 6.23 Å². The minimum atomic E-state index is -0.710. The summed E-state index contributed by atoms with van der Waals surface area (Å²) in [7, 11) is 0. The molecular formula is C11H14N2O5. The van der Waals surface area contributed by atoms with Crippen molar-refractivity contribution in [2.45, 2.75) is 31.3 Å². The van der Waals surface area contributed by atoms with Crippen molar-refractivity contribution in [1.29, 1.82) is 0 Å². The Morgan fingerprint density at radius 3 is 3.06 bits per heavy atom. The number of nitrogens with one attached hydrogen (secondary N) is 1. The number of ether oxygens (including phenoxy) is 2. The number of H-pyrrole nitrogens is 1. The first-order valence-corrected chi connectivity index (χ1v) is 5.77. The van der Waals surface area contributed by atoms with Gasteiger partial charge in [0.05, 0.1) is 13.2 Å². The molecule has 18 heavy (non-hydrogen) atoms. The van der Waals surface area contributed by atoms with Gasteiger partial charge in [0.25, 0.3) is 5.56 Å². The van der Waals surface area contributed by atoms with Crippen LogP contribution in [0.4, 0.5) is 0 Å². The van der Waals surface area contributed by atoms with Crippen LogP contribution >= 0.6 is 0 Å². The summed E-state index contributed by atoms with van der Waals surface area (Å²) in [5.41, 5.74) is -1.21. The summed E-state index contributed by atoms with van der Waals surface area (Å²) in [6.07, 6.45) is 1.16. The lowest BCUT2D eigenvalue weighted by atomic mass is 10.0. The van der Waals surface area contributed by atoms with Crippen molar-refractivity contribution in [2.24, 2.45) is 0 Å². The zero-order valence-electron chi connectivity index (χ0n) is 9.88. The zero-order chi connectivity index (χ0) is 12.9. The molecule has 0 radical (unpaired) electrons. The predicted molar refractivity (Wildman–Crippen MR) is 60.4 cm³/mol. The van der Waals surface area contributed by atoms with Gasteiger partial charge in [-0.25, -0.2) is 4.79 Å². The van der Waals surface area contributed by atoms with E-state index in [-0.39, 0.29) is 12.7 Å². The van der Waals surface area contributed by atoms with Crippen LogP contribution in [0.2, 0.25) is 0 Å². The molecule has 2 bridgehead atoms. The Morgan fingerprint density at radius 1 is 1.61 bits per heavy atom. The molecule has 2 saturated heterocycles. The maximum absolute atomic E-state index is 11.8. The molecule has 3 heterocycles. The number of rotatable bonds is 2. The summed E-state index contributed by atoms with van der Waals surface area (Å²) < 4.78 is 12.5. The third-order valence-corrected chi connectivity index (χ3v) is 3.53. The van der Waals surface area contributed by atoms with E-state index < -0.39 is 23.1 Å². The minimum absolute atomic E-state index is 0.142. The molecule has 1 aromatic rings. The van der Waals surface area contributed by atoms with E-state index in [0.29, 0.717) is 18.6 Å². The van der Waals surface area contributed by atoms with E-state index in [1.54, 1.807) is 6.92 Å².